The second-order valence-electron chi connectivity index (χ2n) is 7.76. The molecule has 0 N–H and O–H groups in total. The number of morpholine rings is 1. The van der Waals surface area contributed by atoms with E-state index in [4.69, 9.17) is 4.74 Å². The predicted molar refractivity (Wildman–Crippen MR) is 98.2 cm³/mol. The molecule has 3 amide bonds. The average molecular weight is 411 g/mol. The Kier molecular flexibility index (Phi) is 5.42. The molecular formula is C20H24F3N3O3. The summed E-state index contributed by atoms with van der Waals surface area (Å²) in [6.45, 7) is 4.27. The van der Waals surface area contributed by atoms with E-state index in [1.54, 1.807) is 14.7 Å². The number of carbonyl (C=O) groups is 2. The summed E-state index contributed by atoms with van der Waals surface area (Å²) in [6, 6.07) is 5.09. The molecule has 1 aromatic carbocycles. The SMILES string of the molecule is O=C(C1CC1c1ccc(C(F)(F)F)cc1)N1CCN(C(=O)N2CCOCC2)CC1. The van der Waals surface area contributed by atoms with Crippen LogP contribution in [0.2, 0.25) is 0 Å². The summed E-state index contributed by atoms with van der Waals surface area (Å²) in [5, 5.41) is 0. The highest BCUT2D eigenvalue weighted by molar-refractivity contribution is 5.83. The van der Waals surface area contributed by atoms with Crippen LogP contribution in [0.15, 0.2) is 24.3 Å². The number of urea groups is 1. The molecule has 2 saturated heterocycles. The zero-order valence-electron chi connectivity index (χ0n) is 16.0. The van der Waals surface area contributed by atoms with E-state index in [9.17, 15) is 22.8 Å². The van der Waals surface area contributed by atoms with Gasteiger partial charge in [-0.3, -0.25) is 4.79 Å². The number of carbonyl (C=O) groups excluding carboxylic acids is 2. The molecule has 6 nitrogen and oxygen atoms in total. The van der Waals surface area contributed by atoms with Crippen LogP contribution < -0.4 is 0 Å². The highest BCUT2D eigenvalue weighted by Crippen LogP contribution is 2.49. The van der Waals surface area contributed by atoms with Crippen molar-refractivity contribution in [1.29, 1.82) is 0 Å². The van der Waals surface area contributed by atoms with Crippen LogP contribution in [0.5, 0.6) is 0 Å². The largest absolute Gasteiger partial charge is 0.416 e. The summed E-state index contributed by atoms with van der Waals surface area (Å²) >= 11 is 0. The van der Waals surface area contributed by atoms with Crippen LogP contribution in [0.25, 0.3) is 0 Å². The van der Waals surface area contributed by atoms with E-state index in [0.29, 0.717) is 58.9 Å². The smallest absolute Gasteiger partial charge is 0.378 e. The molecule has 2 heterocycles. The first kappa shape index (κ1) is 20.0. The number of ether oxygens (including phenoxy) is 1. The maximum atomic E-state index is 12.8. The number of nitrogens with zero attached hydrogens (tertiary/aromatic N) is 3. The Morgan fingerprint density at radius 2 is 1.41 bits per heavy atom. The van der Waals surface area contributed by atoms with Crippen molar-refractivity contribution < 1.29 is 27.5 Å². The van der Waals surface area contributed by atoms with E-state index >= 15 is 0 Å². The quantitative estimate of drug-likeness (QED) is 0.751. The van der Waals surface area contributed by atoms with Gasteiger partial charge in [0.1, 0.15) is 0 Å². The molecule has 2 aliphatic heterocycles. The predicted octanol–water partition coefficient (Wildman–Crippen LogP) is 2.41. The first-order valence-electron chi connectivity index (χ1n) is 9.92. The Hall–Kier alpha value is -2.29. The molecule has 29 heavy (non-hydrogen) atoms. The molecule has 1 aliphatic carbocycles. The molecule has 2 unspecified atom stereocenters. The second kappa shape index (κ2) is 7.85. The first-order valence-corrected chi connectivity index (χ1v) is 9.92. The highest BCUT2D eigenvalue weighted by atomic mass is 19.4. The van der Waals surface area contributed by atoms with E-state index in [-0.39, 0.29) is 23.8 Å². The van der Waals surface area contributed by atoms with Gasteiger partial charge in [0.25, 0.3) is 0 Å². The molecule has 0 bridgehead atoms. The summed E-state index contributed by atoms with van der Waals surface area (Å²) < 4.78 is 43.3. The Morgan fingerprint density at radius 3 is 2.00 bits per heavy atom. The van der Waals surface area contributed by atoms with E-state index in [0.717, 1.165) is 17.7 Å². The maximum Gasteiger partial charge on any atom is 0.416 e. The van der Waals surface area contributed by atoms with Crippen LogP contribution in [0.4, 0.5) is 18.0 Å². The van der Waals surface area contributed by atoms with E-state index in [1.807, 2.05) is 0 Å². The second-order valence-corrected chi connectivity index (χ2v) is 7.76. The van der Waals surface area contributed by atoms with Gasteiger partial charge in [-0.1, -0.05) is 12.1 Å². The third-order valence-electron chi connectivity index (χ3n) is 5.92. The maximum absolute atomic E-state index is 12.8. The van der Waals surface area contributed by atoms with Crippen molar-refractivity contribution in [2.24, 2.45) is 5.92 Å². The Balaban J connectivity index is 1.28. The van der Waals surface area contributed by atoms with Crippen LogP contribution in [0.3, 0.4) is 0 Å². The van der Waals surface area contributed by atoms with Gasteiger partial charge in [-0.2, -0.15) is 13.2 Å². The van der Waals surface area contributed by atoms with Crippen LogP contribution in [0.1, 0.15) is 23.5 Å². The van der Waals surface area contributed by atoms with Crippen LogP contribution in [-0.4, -0.2) is 79.1 Å². The number of amides is 3. The molecule has 3 fully saturated rings. The zero-order valence-corrected chi connectivity index (χ0v) is 16.0. The number of alkyl halides is 3. The number of hydrogen-bond donors (Lipinski definition) is 0. The summed E-state index contributed by atoms with van der Waals surface area (Å²) in [4.78, 5) is 30.6. The first-order chi connectivity index (χ1) is 13.8. The van der Waals surface area contributed by atoms with Gasteiger partial charge in [-0.25, -0.2) is 4.79 Å². The van der Waals surface area contributed by atoms with Crippen molar-refractivity contribution in [3.05, 3.63) is 35.4 Å². The van der Waals surface area contributed by atoms with Gasteiger partial charge in [-0.05, 0) is 30.0 Å². The van der Waals surface area contributed by atoms with E-state index in [2.05, 4.69) is 0 Å². The van der Waals surface area contributed by atoms with Gasteiger partial charge < -0.3 is 19.4 Å². The van der Waals surface area contributed by atoms with Crippen molar-refractivity contribution in [3.63, 3.8) is 0 Å². The van der Waals surface area contributed by atoms with E-state index in [1.165, 1.54) is 12.1 Å². The molecule has 2 atom stereocenters. The summed E-state index contributed by atoms with van der Waals surface area (Å²) in [5.41, 5.74) is 0.100. The number of benzene rings is 1. The molecule has 0 spiro atoms. The monoisotopic (exact) mass is 411 g/mol. The van der Waals surface area contributed by atoms with Crippen molar-refractivity contribution in [2.75, 3.05) is 52.5 Å². The van der Waals surface area contributed by atoms with Crippen LogP contribution >= 0.6 is 0 Å². The lowest BCUT2D eigenvalue weighted by Gasteiger charge is -2.38. The minimum Gasteiger partial charge on any atom is -0.378 e. The molecule has 158 valence electrons. The van der Waals surface area contributed by atoms with Crippen LogP contribution in [0, 0.1) is 5.92 Å². The highest BCUT2D eigenvalue weighted by Gasteiger charge is 2.46. The van der Waals surface area contributed by atoms with Crippen molar-refractivity contribution in [2.45, 2.75) is 18.5 Å². The standard InChI is InChI=1S/C20H24F3N3O3/c21-20(22,23)15-3-1-14(2-4-15)16-13-17(16)18(27)24-5-7-25(8-6-24)19(28)26-9-11-29-12-10-26/h1-4,16-17H,5-13H2. The van der Waals surface area contributed by atoms with E-state index < -0.39 is 11.7 Å². The molecule has 4 rings (SSSR count). The van der Waals surface area contributed by atoms with Gasteiger partial charge in [0.15, 0.2) is 0 Å². The van der Waals surface area contributed by atoms with Gasteiger partial charge >= 0.3 is 12.2 Å². The zero-order chi connectivity index (χ0) is 20.6. The third-order valence-corrected chi connectivity index (χ3v) is 5.92. The topological polar surface area (TPSA) is 53.1 Å². The molecule has 1 saturated carbocycles. The molecule has 9 heteroatoms. The van der Waals surface area contributed by atoms with Gasteiger partial charge in [0.05, 0.1) is 18.8 Å². The third kappa shape index (κ3) is 4.34. The fourth-order valence-corrected chi connectivity index (χ4v) is 4.06. The molecule has 0 aromatic heterocycles. The van der Waals surface area contributed by atoms with Gasteiger partial charge in [0, 0.05) is 45.2 Å². The Morgan fingerprint density at radius 1 is 0.862 bits per heavy atom. The van der Waals surface area contributed by atoms with Crippen molar-refractivity contribution >= 4 is 11.9 Å². The number of piperazine rings is 1. The number of halogens is 3. The molecule has 0 radical (unpaired) electrons. The Labute approximate surface area is 167 Å². The normalized spacial score (nSPS) is 25.1. The summed E-state index contributed by atoms with van der Waals surface area (Å²) in [5.74, 6) is -0.153. The molecule has 1 aromatic rings. The average Bonchev–Trinajstić information content (AvgIpc) is 3.54. The number of rotatable bonds is 2. The van der Waals surface area contributed by atoms with Crippen molar-refractivity contribution in [3.8, 4) is 0 Å². The lowest BCUT2D eigenvalue weighted by molar-refractivity contribution is -0.137. The van der Waals surface area contributed by atoms with Crippen LogP contribution in [-0.2, 0) is 15.7 Å². The molecular weight excluding hydrogens is 387 g/mol. The number of hydrogen-bond acceptors (Lipinski definition) is 3. The minimum absolute atomic E-state index is 0.00514. The van der Waals surface area contributed by atoms with Gasteiger partial charge in [-0.15, -0.1) is 0 Å². The molecule has 3 aliphatic rings. The fraction of sp³-hybridized carbons (Fsp3) is 0.600. The lowest BCUT2D eigenvalue weighted by atomic mass is 10.1. The minimum atomic E-state index is -4.35. The fourth-order valence-electron chi connectivity index (χ4n) is 4.06. The van der Waals surface area contributed by atoms with Crippen molar-refractivity contribution in [1.82, 2.24) is 14.7 Å². The Bertz CT molecular complexity index is 754. The van der Waals surface area contributed by atoms with Gasteiger partial charge in [0.2, 0.25) is 5.91 Å². The summed E-state index contributed by atoms with van der Waals surface area (Å²) in [7, 11) is 0. The lowest BCUT2D eigenvalue weighted by Crippen LogP contribution is -2.55. The summed E-state index contributed by atoms with van der Waals surface area (Å²) in [6.07, 6.45) is -3.69.